The number of nitriles is 1. The molecule has 2 heterocycles. The fourth-order valence-corrected chi connectivity index (χ4v) is 5.36. The minimum Gasteiger partial charge on any atom is -0.344 e. The van der Waals surface area contributed by atoms with Gasteiger partial charge in [0.05, 0.1) is 11.9 Å². The van der Waals surface area contributed by atoms with Crippen LogP contribution in [0.4, 0.5) is 0 Å². The van der Waals surface area contributed by atoms with Gasteiger partial charge in [-0.3, -0.25) is 10.3 Å². The number of rotatable bonds is 13. The number of fused-ring (bicyclic) bond motifs is 1. The molecule has 2 aromatic rings. The number of aryl methyl sites for hydroxylation is 3. The zero-order valence-corrected chi connectivity index (χ0v) is 25.4. The molecule has 0 aromatic carbocycles. The molecule has 0 fully saturated rings. The zero-order chi connectivity index (χ0) is 27.8. The van der Waals surface area contributed by atoms with Crippen molar-refractivity contribution in [2.45, 2.75) is 104 Å². The molecule has 8 heteroatoms. The van der Waals surface area contributed by atoms with Crippen LogP contribution in [-0.2, 0) is 19.4 Å². The Bertz CT molecular complexity index is 982. The molecule has 0 saturated heterocycles. The summed E-state index contributed by atoms with van der Waals surface area (Å²) in [6.07, 6.45) is 17.3. The topological polar surface area (TPSA) is 126 Å². The highest BCUT2D eigenvalue weighted by molar-refractivity contribution is 5.30. The van der Waals surface area contributed by atoms with Crippen LogP contribution < -0.4 is 22.1 Å². The van der Waals surface area contributed by atoms with Crippen molar-refractivity contribution in [1.82, 2.24) is 36.6 Å². The Morgan fingerprint density at radius 3 is 2.62 bits per heavy atom. The van der Waals surface area contributed by atoms with E-state index in [1.807, 2.05) is 40.2 Å². The van der Waals surface area contributed by atoms with E-state index in [9.17, 15) is 5.26 Å². The molecule has 0 bridgehead atoms. The predicted octanol–water partition coefficient (Wildman–Crippen LogP) is 5.76. The summed E-state index contributed by atoms with van der Waals surface area (Å²) in [5, 5.41) is 19.9. The number of aromatic nitrogens is 3. The van der Waals surface area contributed by atoms with E-state index in [1.165, 1.54) is 56.2 Å². The van der Waals surface area contributed by atoms with Gasteiger partial charge in [0.15, 0.2) is 0 Å². The molecule has 0 radical (unpaired) electrons. The second-order valence-corrected chi connectivity index (χ2v) is 10.3. The highest BCUT2D eigenvalue weighted by Gasteiger charge is 2.24. The van der Waals surface area contributed by atoms with Crippen molar-refractivity contribution in [3.63, 3.8) is 0 Å². The highest BCUT2D eigenvalue weighted by Crippen LogP contribution is 2.23. The lowest BCUT2D eigenvalue weighted by atomic mass is 10.0. The number of imidazole rings is 1. The molecule has 218 valence electrons. The van der Waals surface area contributed by atoms with E-state index < -0.39 is 0 Å². The normalized spacial score (nSPS) is 15.2. The van der Waals surface area contributed by atoms with Crippen molar-refractivity contribution in [1.29, 1.82) is 5.26 Å². The zero-order valence-electron chi connectivity index (χ0n) is 25.4. The Balaban J connectivity index is 0.000000522. The molecule has 3 unspecified atom stereocenters. The summed E-state index contributed by atoms with van der Waals surface area (Å²) in [4.78, 5) is 9.01. The molecule has 0 saturated carbocycles. The minimum atomic E-state index is 0. The van der Waals surface area contributed by atoms with Crippen LogP contribution in [0.1, 0.15) is 100 Å². The predicted molar refractivity (Wildman–Crippen MR) is 163 cm³/mol. The van der Waals surface area contributed by atoms with E-state index in [0.29, 0.717) is 18.3 Å². The van der Waals surface area contributed by atoms with Crippen LogP contribution in [0.25, 0.3) is 0 Å². The molecule has 6 N–H and O–H groups in total. The standard InChI is InChI=1S/C21H38N6.C10H13N.H3N/c1-7-10-16(3)21(25-13-9-12-18(24-6)11-8-2)27-17(4)26-19(15-23-5)20(27)14-22;1-2-5-9-6-4-8-11-10(9)7-3-1;/h7,10,16,18,21,23-25H,8-9,11-13,15H2,1-6H3;4,6,8H,1-3,5,7H2;1H3/b10-7-;;. The third-order valence-electron chi connectivity index (χ3n) is 7.35. The van der Waals surface area contributed by atoms with Gasteiger partial charge in [0.25, 0.3) is 0 Å². The quantitative estimate of drug-likeness (QED) is 0.145. The first-order chi connectivity index (χ1) is 18.5. The average Bonchev–Trinajstić information content (AvgIpc) is 3.07. The van der Waals surface area contributed by atoms with Crippen molar-refractivity contribution in [3.8, 4) is 6.07 Å². The Morgan fingerprint density at radius 1 is 1.18 bits per heavy atom. The fourth-order valence-electron chi connectivity index (χ4n) is 5.36. The monoisotopic (exact) mass is 538 g/mol. The van der Waals surface area contributed by atoms with E-state index in [0.717, 1.165) is 30.9 Å². The van der Waals surface area contributed by atoms with Crippen molar-refractivity contribution in [2.24, 2.45) is 5.92 Å². The van der Waals surface area contributed by atoms with Crippen LogP contribution in [-0.4, -0.2) is 41.2 Å². The molecule has 39 heavy (non-hydrogen) atoms. The summed E-state index contributed by atoms with van der Waals surface area (Å²) in [5.74, 6) is 1.14. The van der Waals surface area contributed by atoms with E-state index in [-0.39, 0.29) is 18.2 Å². The largest absolute Gasteiger partial charge is 0.344 e. The first kappa shape index (κ1) is 34.5. The number of nitrogens with zero attached hydrogens (tertiary/aromatic N) is 4. The SMILES string of the molecule is C/C=C\C(C)C(NCCCC(CCC)NC)n1c(C)nc(CNC)c1C#N.N.c1cnc2c(c1)CCCCC2. The number of hydrogen-bond acceptors (Lipinski definition) is 7. The molecule has 8 nitrogen and oxygen atoms in total. The van der Waals surface area contributed by atoms with Crippen molar-refractivity contribution in [3.05, 3.63) is 59.0 Å². The smallest absolute Gasteiger partial charge is 0.146 e. The molecule has 2 aromatic heterocycles. The lowest BCUT2D eigenvalue weighted by Crippen LogP contribution is -2.34. The maximum atomic E-state index is 9.74. The van der Waals surface area contributed by atoms with Gasteiger partial charge in [0.1, 0.15) is 17.6 Å². The number of hydrogen-bond donors (Lipinski definition) is 4. The van der Waals surface area contributed by atoms with Crippen LogP contribution in [0.5, 0.6) is 0 Å². The maximum Gasteiger partial charge on any atom is 0.146 e. The molecule has 1 aliphatic carbocycles. The molecule has 0 aliphatic heterocycles. The Morgan fingerprint density at radius 2 is 1.95 bits per heavy atom. The third-order valence-corrected chi connectivity index (χ3v) is 7.35. The van der Waals surface area contributed by atoms with Crippen molar-refractivity contribution in [2.75, 3.05) is 20.6 Å². The van der Waals surface area contributed by atoms with Gasteiger partial charge in [0.2, 0.25) is 0 Å². The second kappa shape index (κ2) is 19.5. The van der Waals surface area contributed by atoms with Gasteiger partial charge < -0.3 is 21.4 Å². The summed E-state index contributed by atoms with van der Waals surface area (Å²) < 4.78 is 2.07. The van der Waals surface area contributed by atoms with Crippen LogP contribution in [0.3, 0.4) is 0 Å². The summed E-state index contributed by atoms with van der Waals surface area (Å²) >= 11 is 0. The summed E-state index contributed by atoms with van der Waals surface area (Å²) in [6, 6.07) is 7.21. The van der Waals surface area contributed by atoms with Crippen LogP contribution in [0.2, 0.25) is 0 Å². The molecular formula is C31H54N8. The van der Waals surface area contributed by atoms with Gasteiger partial charge >= 0.3 is 0 Å². The first-order valence-electron chi connectivity index (χ1n) is 14.6. The van der Waals surface area contributed by atoms with Gasteiger partial charge in [-0.2, -0.15) is 5.26 Å². The first-order valence-corrected chi connectivity index (χ1v) is 14.6. The number of pyridine rings is 1. The van der Waals surface area contributed by atoms with Gasteiger partial charge in [0, 0.05) is 30.4 Å². The molecular weight excluding hydrogens is 484 g/mol. The van der Waals surface area contributed by atoms with Gasteiger partial charge in [-0.25, -0.2) is 4.98 Å². The summed E-state index contributed by atoms with van der Waals surface area (Å²) in [7, 11) is 3.92. The van der Waals surface area contributed by atoms with Crippen molar-refractivity contribution >= 4 is 0 Å². The lowest BCUT2D eigenvalue weighted by molar-refractivity contribution is 0.317. The van der Waals surface area contributed by atoms with Gasteiger partial charge in [-0.1, -0.05) is 44.9 Å². The average molecular weight is 539 g/mol. The number of allylic oxidation sites excluding steroid dienone is 1. The summed E-state index contributed by atoms with van der Waals surface area (Å²) in [5.41, 5.74) is 4.28. The van der Waals surface area contributed by atoms with Crippen LogP contribution in [0, 0.1) is 24.2 Å². The second-order valence-electron chi connectivity index (χ2n) is 10.3. The Hall–Kier alpha value is -2.57. The van der Waals surface area contributed by atoms with Gasteiger partial charge in [-0.15, -0.1) is 0 Å². The van der Waals surface area contributed by atoms with Crippen molar-refractivity contribution < 1.29 is 0 Å². The maximum absolute atomic E-state index is 9.74. The van der Waals surface area contributed by atoms with Gasteiger partial charge in [-0.05, 0) is 91.1 Å². The molecule has 0 spiro atoms. The van der Waals surface area contributed by atoms with Crippen LogP contribution in [0.15, 0.2) is 30.5 Å². The van der Waals surface area contributed by atoms with E-state index >= 15 is 0 Å². The summed E-state index contributed by atoms with van der Waals surface area (Å²) in [6.45, 7) is 9.94. The molecule has 3 atom stereocenters. The lowest BCUT2D eigenvalue weighted by Gasteiger charge is -2.27. The third kappa shape index (κ3) is 10.8. The number of nitrogens with one attached hydrogen (secondary N) is 3. The highest BCUT2D eigenvalue weighted by atomic mass is 15.2. The van der Waals surface area contributed by atoms with E-state index in [2.05, 4.69) is 68.6 Å². The molecule has 3 rings (SSSR count). The Labute approximate surface area is 237 Å². The molecule has 1 aliphatic rings. The fraction of sp³-hybridized carbons (Fsp3) is 0.645. The molecule has 0 amide bonds. The van der Waals surface area contributed by atoms with Crippen LogP contribution >= 0.6 is 0 Å². The minimum absolute atomic E-state index is 0. The Kier molecular flexibility index (Phi) is 17.2. The van der Waals surface area contributed by atoms with E-state index in [4.69, 9.17) is 0 Å². The van der Waals surface area contributed by atoms with E-state index in [1.54, 1.807) is 0 Å².